The van der Waals surface area contributed by atoms with Crippen molar-refractivity contribution in [2.45, 2.75) is 25.8 Å². The molecule has 1 spiro atoms. The molecule has 1 amide bonds. The van der Waals surface area contributed by atoms with Crippen LogP contribution in [0.4, 0.5) is 0 Å². The summed E-state index contributed by atoms with van der Waals surface area (Å²) in [4.78, 5) is 16.7. The summed E-state index contributed by atoms with van der Waals surface area (Å²) in [5, 5.41) is 9.46. The van der Waals surface area contributed by atoms with Gasteiger partial charge < -0.3 is 9.47 Å². The second-order valence-corrected chi connectivity index (χ2v) is 7.98. The number of benzene rings is 1. The van der Waals surface area contributed by atoms with Crippen LogP contribution in [-0.4, -0.2) is 57.2 Å². The Labute approximate surface area is 158 Å². The number of likely N-dealkylation sites (tertiary alicyclic amines) is 2. The van der Waals surface area contributed by atoms with E-state index in [0.717, 1.165) is 62.7 Å². The van der Waals surface area contributed by atoms with E-state index in [9.17, 15) is 4.79 Å². The molecule has 2 fully saturated rings. The lowest BCUT2D eigenvalue weighted by Crippen LogP contribution is -2.44. The Bertz CT molecular complexity index is 808. The maximum atomic E-state index is 12.5. The van der Waals surface area contributed by atoms with Gasteiger partial charge in [0.05, 0.1) is 12.0 Å². The first-order chi connectivity index (χ1) is 12.5. The van der Waals surface area contributed by atoms with Crippen molar-refractivity contribution in [3.63, 3.8) is 0 Å². The van der Waals surface area contributed by atoms with E-state index in [4.69, 9.17) is 11.6 Å². The van der Waals surface area contributed by atoms with Crippen molar-refractivity contribution in [2.75, 3.05) is 26.7 Å². The van der Waals surface area contributed by atoms with Gasteiger partial charge in [-0.3, -0.25) is 9.69 Å². The molecule has 0 radical (unpaired) electrons. The Hall–Kier alpha value is -1.92. The fourth-order valence-corrected chi connectivity index (χ4v) is 4.27. The van der Waals surface area contributed by atoms with Crippen molar-refractivity contribution in [2.24, 2.45) is 12.5 Å². The van der Waals surface area contributed by atoms with Crippen LogP contribution >= 0.6 is 11.6 Å². The molecule has 2 saturated heterocycles. The highest BCUT2D eigenvalue weighted by Crippen LogP contribution is 2.41. The molecule has 4 rings (SSSR count). The Kier molecular flexibility index (Phi) is 4.49. The number of aromatic nitrogens is 3. The van der Waals surface area contributed by atoms with Gasteiger partial charge >= 0.3 is 0 Å². The Morgan fingerprint density at radius 1 is 1.04 bits per heavy atom. The summed E-state index contributed by atoms with van der Waals surface area (Å²) >= 11 is 5.97. The molecule has 138 valence electrons. The molecule has 0 atom stereocenters. The van der Waals surface area contributed by atoms with Gasteiger partial charge in [0.2, 0.25) is 5.91 Å². The van der Waals surface area contributed by atoms with Crippen LogP contribution in [-0.2, 0) is 18.4 Å². The maximum Gasteiger partial charge on any atom is 0.228 e. The molecule has 2 aliphatic rings. The summed E-state index contributed by atoms with van der Waals surface area (Å²) < 4.78 is 2.04. The quantitative estimate of drug-likeness (QED) is 0.829. The molecule has 0 aliphatic carbocycles. The summed E-state index contributed by atoms with van der Waals surface area (Å²) in [5.74, 6) is 2.12. The summed E-state index contributed by atoms with van der Waals surface area (Å²) in [5.41, 5.74) is 0.896. The Morgan fingerprint density at radius 2 is 1.69 bits per heavy atom. The summed E-state index contributed by atoms with van der Waals surface area (Å²) in [6, 6.07) is 7.65. The molecule has 1 aromatic carbocycles. The van der Waals surface area contributed by atoms with Crippen LogP contribution in [0.1, 0.15) is 25.1 Å². The number of piperidine rings is 1. The van der Waals surface area contributed by atoms with Crippen LogP contribution in [0.15, 0.2) is 24.3 Å². The lowest BCUT2D eigenvalue weighted by molar-refractivity contribution is -0.137. The molecule has 2 aliphatic heterocycles. The van der Waals surface area contributed by atoms with E-state index in [1.807, 2.05) is 47.8 Å². The van der Waals surface area contributed by atoms with Crippen LogP contribution in [0.3, 0.4) is 0 Å². The summed E-state index contributed by atoms with van der Waals surface area (Å²) in [7, 11) is 3.92. The van der Waals surface area contributed by atoms with Gasteiger partial charge in [0.1, 0.15) is 5.82 Å². The van der Waals surface area contributed by atoms with Crippen molar-refractivity contribution >= 4 is 17.5 Å². The minimum atomic E-state index is -0.112. The highest BCUT2D eigenvalue weighted by molar-refractivity contribution is 6.30. The van der Waals surface area contributed by atoms with Gasteiger partial charge in [0.25, 0.3) is 0 Å². The molecule has 6 nitrogen and oxygen atoms in total. The van der Waals surface area contributed by atoms with Crippen LogP contribution in [0.2, 0.25) is 5.02 Å². The normalized spacial score (nSPS) is 20.3. The van der Waals surface area contributed by atoms with E-state index in [1.165, 1.54) is 0 Å². The molecule has 26 heavy (non-hydrogen) atoms. The average Bonchev–Trinajstić information content (AvgIpc) is 3.14. The van der Waals surface area contributed by atoms with E-state index in [1.54, 1.807) is 0 Å². The number of carbonyl (C=O) groups is 1. The van der Waals surface area contributed by atoms with Gasteiger partial charge in [-0.2, -0.15) is 0 Å². The summed E-state index contributed by atoms with van der Waals surface area (Å²) in [6.07, 6.45) is 2.89. The first-order valence-electron chi connectivity index (χ1n) is 9.11. The van der Waals surface area contributed by atoms with Crippen molar-refractivity contribution in [3.05, 3.63) is 35.1 Å². The van der Waals surface area contributed by atoms with Crippen molar-refractivity contribution in [1.82, 2.24) is 24.6 Å². The van der Waals surface area contributed by atoms with E-state index in [0.29, 0.717) is 10.9 Å². The molecule has 1 aromatic heterocycles. The standard InChI is InChI=1S/C19H24ClN5O/c1-23-10-7-19(18(23)26)8-11-25(12-9-19)13-16-21-22-17(24(16)2)14-3-5-15(20)6-4-14/h3-6H,7-13H2,1-2H3. The number of carbonyl (C=O) groups excluding carboxylic acids is 1. The lowest BCUT2D eigenvalue weighted by Gasteiger charge is -2.37. The smallest absolute Gasteiger partial charge is 0.228 e. The molecular weight excluding hydrogens is 350 g/mol. The minimum Gasteiger partial charge on any atom is -0.345 e. The number of halogens is 1. The highest BCUT2D eigenvalue weighted by atomic mass is 35.5. The van der Waals surface area contributed by atoms with Gasteiger partial charge in [-0.25, -0.2) is 0 Å². The Morgan fingerprint density at radius 3 is 2.31 bits per heavy atom. The van der Waals surface area contributed by atoms with Gasteiger partial charge in [-0.1, -0.05) is 11.6 Å². The first-order valence-corrected chi connectivity index (χ1v) is 9.48. The van der Waals surface area contributed by atoms with Crippen LogP contribution in [0, 0.1) is 5.41 Å². The second kappa shape index (κ2) is 6.67. The van der Waals surface area contributed by atoms with E-state index < -0.39 is 0 Å². The Balaban J connectivity index is 1.43. The molecule has 0 N–H and O–H groups in total. The first kappa shape index (κ1) is 17.5. The third-order valence-electron chi connectivity index (χ3n) is 5.97. The zero-order valence-electron chi connectivity index (χ0n) is 15.3. The van der Waals surface area contributed by atoms with Crippen LogP contribution < -0.4 is 0 Å². The zero-order valence-corrected chi connectivity index (χ0v) is 16.0. The van der Waals surface area contributed by atoms with Crippen molar-refractivity contribution in [1.29, 1.82) is 0 Å². The predicted molar refractivity (Wildman–Crippen MR) is 101 cm³/mol. The molecular formula is C19H24ClN5O. The van der Waals surface area contributed by atoms with Gasteiger partial charge in [-0.15, -0.1) is 10.2 Å². The molecule has 7 heteroatoms. The number of rotatable bonds is 3. The molecule has 3 heterocycles. The molecule has 0 unspecified atom stereocenters. The average molecular weight is 374 g/mol. The third-order valence-corrected chi connectivity index (χ3v) is 6.22. The minimum absolute atomic E-state index is 0.112. The number of hydrogen-bond donors (Lipinski definition) is 0. The van der Waals surface area contributed by atoms with Crippen molar-refractivity contribution in [3.8, 4) is 11.4 Å². The molecule has 2 aromatic rings. The summed E-state index contributed by atoms with van der Waals surface area (Å²) in [6.45, 7) is 3.52. The predicted octanol–water partition coefficient (Wildman–Crippen LogP) is 2.58. The van der Waals surface area contributed by atoms with Crippen LogP contribution in [0.25, 0.3) is 11.4 Å². The second-order valence-electron chi connectivity index (χ2n) is 7.54. The largest absolute Gasteiger partial charge is 0.345 e. The van der Waals surface area contributed by atoms with E-state index >= 15 is 0 Å². The fourth-order valence-electron chi connectivity index (χ4n) is 4.15. The van der Waals surface area contributed by atoms with Gasteiger partial charge in [0.15, 0.2) is 5.82 Å². The number of hydrogen-bond acceptors (Lipinski definition) is 4. The fraction of sp³-hybridized carbons (Fsp3) is 0.526. The topological polar surface area (TPSA) is 54.3 Å². The highest BCUT2D eigenvalue weighted by Gasteiger charge is 2.46. The molecule has 0 saturated carbocycles. The van der Waals surface area contributed by atoms with Gasteiger partial charge in [-0.05, 0) is 56.6 Å². The maximum absolute atomic E-state index is 12.5. The van der Waals surface area contributed by atoms with Gasteiger partial charge in [0, 0.05) is 31.2 Å². The number of amides is 1. The SMILES string of the molecule is CN1CCC2(CCN(Cc3nnc(-c4ccc(Cl)cc4)n3C)CC2)C1=O. The molecule has 0 bridgehead atoms. The third kappa shape index (κ3) is 3.01. The van der Waals surface area contributed by atoms with Crippen LogP contribution in [0.5, 0.6) is 0 Å². The van der Waals surface area contributed by atoms with Crippen molar-refractivity contribution < 1.29 is 4.79 Å². The lowest BCUT2D eigenvalue weighted by atomic mass is 9.77. The van der Waals surface area contributed by atoms with E-state index in [-0.39, 0.29) is 5.41 Å². The number of nitrogens with zero attached hydrogens (tertiary/aromatic N) is 5. The zero-order chi connectivity index (χ0) is 18.3. The monoisotopic (exact) mass is 373 g/mol. The van der Waals surface area contributed by atoms with E-state index in [2.05, 4.69) is 15.1 Å².